The SMILES string of the molecule is c1ccc2oc(-c3ccc4occc4c3)cc2c1. The van der Waals surface area contributed by atoms with Crippen LogP contribution in [0.25, 0.3) is 33.3 Å². The Labute approximate surface area is 103 Å². The molecule has 2 nitrogen and oxygen atoms in total. The largest absolute Gasteiger partial charge is 0.464 e. The van der Waals surface area contributed by atoms with E-state index in [0.29, 0.717) is 0 Å². The van der Waals surface area contributed by atoms with Crippen LogP contribution in [0.3, 0.4) is 0 Å². The number of rotatable bonds is 1. The molecule has 2 heterocycles. The summed E-state index contributed by atoms with van der Waals surface area (Å²) in [4.78, 5) is 0. The van der Waals surface area contributed by atoms with Crippen LogP contribution in [0, 0.1) is 0 Å². The molecule has 0 spiro atoms. The van der Waals surface area contributed by atoms with Crippen molar-refractivity contribution in [2.45, 2.75) is 0 Å². The van der Waals surface area contributed by atoms with E-state index in [1.807, 2.05) is 36.4 Å². The van der Waals surface area contributed by atoms with Gasteiger partial charge in [-0.25, -0.2) is 0 Å². The van der Waals surface area contributed by atoms with Crippen molar-refractivity contribution in [3.63, 3.8) is 0 Å². The second-order valence-electron chi connectivity index (χ2n) is 4.32. The lowest BCUT2D eigenvalue weighted by molar-refractivity contribution is 0.615. The van der Waals surface area contributed by atoms with Gasteiger partial charge in [-0.3, -0.25) is 0 Å². The Morgan fingerprint density at radius 3 is 2.56 bits per heavy atom. The summed E-state index contributed by atoms with van der Waals surface area (Å²) >= 11 is 0. The van der Waals surface area contributed by atoms with E-state index in [1.54, 1.807) is 6.26 Å². The Balaban J connectivity index is 1.94. The lowest BCUT2D eigenvalue weighted by Crippen LogP contribution is -1.72. The maximum absolute atomic E-state index is 5.85. The van der Waals surface area contributed by atoms with E-state index in [-0.39, 0.29) is 0 Å². The van der Waals surface area contributed by atoms with Gasteiger partial charge in [-0.05, 0) is 36.4 Å². The van der Waals surface area contributed by atoms with Crippen LogP contribution in [0.4, 0.5) is 0 Å². The average Bonchev–Trinajstić information content (AvgIpc) is 3.04. The number of benzene rings is 2. The zero-order valence-electron chi connectivity index (χ0n) is 9.59. The van der Waals surface area contributed by atoms with Crippen LogP contribution in [-0.4, -0.2) is 0 Å². The second-order valence-corrected chi connectivity index (χ2v) is 4.32. The van der Waals surface area contributed by atoms with Gasteiger partial charge in [-0.1, -0.05) is 18.2 Å². The molecule has 4 aromatic rings. The van der Waals surface area contributed by atoms with Gasteiger partial charge in [0.1, 0.15) is 16.9 Å². The van der Waals surface area contributed by atoms with Crippen molar-refractivity contribution in [2.24, 2.45) is 0 Å². The molecule has 0 atom stereocenters. The summed E-state index contributed by atoms with van der Waals surface area (Å²) in [7, 11) is 0. The highest BCUT2D eigenvalue weighted by atomic mass is 16.3. The molecule has 0 N–H and O–H groups in total. The number of para-hydroxylation sites is 1. The Bertz CT molecular complexity index is 803. The topological polar surface area (TPSA) is 26.3 Å². The second kappa shape index (κ2) is 3.50. The van der Waals surface area contributed by atoms with Crippen LogP contribution < -0.4 is 0 Å². The summed E-state index contributed by atoms with van der Waals surface area (Å²) in [5.74, 6) is 0.888. The Morgan fingerprint density at radius 2 is 1.61 bits per heavy atom. The van der Waals surface area contributed by atoms with E-state index < -0.39 is 0 Å². The molecule has 0 aliphatic carbocycles. The molecule has 2 aromatic heterocycles. The van der Waals surface area contributed by atoms with Crippen LogP contribution in [0.2, 0.25) is 0 Å². The maximum atomic E-state index is 5.85. The molecule has 4 rings (SSSR count). The molecule has 0 aliphatic rings. The van der Waals surface area contributed by atoms with Gasteiger partial charge in [0.05, 0.1) is 6.26 Å². The van der Waals surface area contributed by atoms with Crippen molar-refractivity contribution in [1.29, 1.82) is 0 Å². The highest BCUT2D eigenvalue weighted by Gasteiger charge is 2.07. The van der Waals surface area contributed by atoms with E-state index in [2.05, 4.69) is 18.2 Å². The molecule has 0 saturated carbocycles. The summed E-state index contributed by atoms with van der Waals surface area (Å²) < 4.78 is 11.2. The van der Waals surface area contributed by atoms with Gasteiger partial charge in [-0.2, -0.15) is 0 Å². The Kier molecular flexibility index (Phi) is 1.86. The van der Waals surface area contributed by atoms with Crippen LogP contribution >= 0.6 is 0 Å². The minimum absolute atomic E-state index is 0.888. The molecule has 0 fully saturated rings. The molecule has 0 aliphatic heterocycles. The standard InChI is InChI=1S/C16H10O2/c1-2-4-15-11(3-1)10-16(18-15)12-5-6-14-13(9-12)7-8-17-14/h1-10H. The van der Waals surface area contributed by atoms with Gasteiger partial charge in [0.25, 0.3) is 0 Å². The third kappa shape index (κ3) is 1.36. The van der Waals surface area contributed by atoms with Gasteiger partial charge < -0.3 is 8.83 Å². The fraction of sp³-hybridized carbons (Fsp3) is 0. The maximum Gasteiger partial charge on any atom is 0.135 e. The molecule has 0 amide bonds. The van der Waals surface area contributed by atoms with Gasteiger partial charge in [0, 0.05) is 16.3 Å². The van der Waals surface area contributed by atoms with Crippen molar-refractivity contribution in [3.05, 3.63) is 60.9 Å². The summed E-state index contributed by atoms with van der Waals surface area (Å²) in [6.45, 7) is 0. The molecule has 0 radical (unpaired) electrons. The van der Waals surface area contributed by atoms with Gasteiger partial charge in [0.2, 0.25) is 0 Å². The number of furan rings is 2. The monoisotopic (exact) mass is 234 g/mol. The predicted octanol–water partition coefficient (Wildman–Crippen LogP) is 4.85. The fourth-order valence-corrected chi connectivity index (χ4v) is 2.24. The molecule has 86 valence electrons. The van der Waals surface area contributed by atoms with Crippen molar-refractivity contribution in [3.8, 4) is 11.3 Å². The lowest BCUT2D eigenvalue weighted by atomic mass is 10.1. The van der Waals surface area contributed by atoms with E-state index in [4.69, 9.17) is 8.83 Å². The zero-order chi connectivity index (χ0) is 11.9. The normalized spacial score (nSPS) is 11.3. The van der Waals surface area contributed by atoms with Crippen LogP contribution in [0.15, 0.2) is 69.7 Å². The molecule has 2 aromatic carbocycles. The van der Waals surface area contributed by atoms with Crippen molar-refractivity contribution in [1.82, 2.24) is 0 Å². The summed E-state index contributed by atoms with van der Waals surface area (Å²) in [6, 6.07) is 18.1. The van der Waals surface area contributed by atoms with Crippen molar-refractivity contribution < 1.29 is 8.83 Å². The van der Waals surface area contributed by atoms with Crippen LogP contribution in [0.1, 0.15) is 0 Å². The van der Waals surface area contributed by atoms with Crippen LogP contribution in [-0.2, 0) is 0 Å². The molecule has 0 unspecified atom stereocenters. The van der Waals surface area contributed by atoms with E-state index >= 15 is 0 Å². The average molecular weight is 234 g/mol. The van der Waals surface area contributed by atoms with Gasteiger partial charge in [0.15, 0.2) is 0 Å². The minimum atomic E-state index is 0.888. The fourth-order valence-electron chi connectivity index (χ4n) is 2.24. The Morgan fingerprint density at radius 1 is 0.722 bits per heavy atom. The highest BCUT2D eigenvalue weighted by Crippen LogP contribution is 2.30. The van der Waals surface area contributed by atoms with Crippen molar-refractivity contribution >= 4 is 21.9 Å². The minimum Gasteiger partial charge on any atom is -0.464 e. The zero-order valence-corrected chi connectivity index (χ0v) is 9.59. The third-order valence-electron chi connectivity index (χ3n) is 3.16. The number of hydrogen-bond donors (Lipinski definition) is 0. The first kappa shape index (κ1) is 9.54. The first-order chi connectivity index (χ1) is 8.90. The highest BCUT2D eigenvalue weighted by molar-refractivity contribution is 5.86. The number of hydrogen-bond acceptors (Lipinski definition) is 2. The van der Waals surface area contributed by atoms with Crippen LogP contribution in [0.5, 0.6) is 0 Å². The van der Waals surface area contributed by atoms with E-state index in [9.17, 15) is 0 Å². The van der Waals surface area contributed by atoms with E-state index in [0.717, 1.165) is 33.3 Å². The molecular weight excluding hydrogens is 224 g/mol. The Hall–Kier alpha value is -2.48. The molecular formula is C16H10O2. The smallest absolute Gasteiger partial charge is 0.135 e. The van der Waals surface area contributed by atoms with Gasteiger partial charge >= 0.3 is 0 Å². The molecule has 2 heteroatoms. The van der Waals surface area contributed by atoms with Gasteiger partial charge in [-0.15, -0.1) is 0 Å². The molecule has 18 heavy (non-hydrogen) atoms. The summed E-state index contributed by atoms with van der Waals surface area (Å²) in [5, 5.41) is 2.22. The molecule has 0 saturated heterocycles. The third-order valence-corrected chi connectivity index (χ3v) is 3.16. The summed E-state index contributed by atoms with van der Waals surface area (Å²) in [6.07, 6.45) is 1.70. The molecule has 0 bridgehead atoms. The quantitative estimate of drug-likeness (QED) is 0.470. The summed E-state index contributed by atoms with van der Waals surface area (Å²) in [5.41, 5.74) is 2.88. The predicted molar refractivity (Wildman–Crippen MR) is 71.4 cm³/mol. The number of fused-ring (bicyclic) bond motifs is 2. The van der Waals surface area contributed by atoms with E-state index in [1.165, 1.54) is 0 Å². The lowest BCUT2D eigenvalue weighted by Gasteiger charge is -1.96. The first-order valence-electron chi connectivity index (χ1n) is 5.86. The van der Waals surface area contributed by atoms with Crippen molar-refractivity contribution in [2.75, 3.05) is 0 Å². The first-order valence-corrected chi connectivity index (χ1v) is 5.86.